The van der Waals surface area contributed by atoms with Crippen LogP contribution in [-0.2, 0) is 9.47 Å². The van der Waals surface area contributed by atoms with E-state index in [1.807, 2.05) is 0 Å². The Balaban J connectivity index is 1.62. The summed E-state index contributed by atoms with van der Waals surface area (Å²) in [5.74, 6) is 0.937. The predicted octanol–water partition coefficient (Wildman–Crippen LogP) is 0.720. The lowest BCUT2D eigenvalue weighted by Crippen LogP contribution is -2.36. The molecule has 0 aromatic rings. The van der Waals surface area contributed by atoms with Crippen molar-refractivity contribution in [3.8, 4) is 0 Å². The summed E-state index contributed by atoms with van der Waals surface area (Å²) in [6.07, 6.45) is 3.30. The highest BCUT2D eigenvalue weighted by Gasteiger charge is 2.33. The quantitative estimate of drug-likeness (QED) is 0.713. The summed E-state index contributed by atoms with van der Waals surface area (Å²) < 4.78 is 10.9. The van der Waals surface area contributed by atoms with E-state index in [0.717, 1.165) is 32.1 Å². The number of hydrogen-bond acceptors (Lipinski definition) is 4. The van der Waals surface area contributed by atoms with Crippen LogP contribution in [0.15, 0.2) is 0 Å². The van der Waals surface area contributed by atoms with Crippen LogP contribution in [0.3, 0.4) is 0 Å². The molecule has 4 heteroatoms. The second-order valence-electron chi connectivity index (χ2n) is 5.39. The number of nitrogens with zero attached hydrogens (tertiary/aromatic N) is 1. The molecule has 17 heavy (non-hydrogen) atoms. The fraction of sp³-hybridized carbons (Fsp3) is 1.00. The van der Waals surface area contributed by atoms with Gasteiger partial charge in [-0.3, -0.25) is 4.90 Å². The van der Waals surface area contributed by atoms with Crippen LogP contribution in [0.25, 0.3) is 0 Å². The minimum atomic E-state index is 0.237. The second kappa shape index (κ2) is 6.14. The lowest BCUT2D eigenvalue weighted by atomic mass is 10.2. The Morgan fingerprint density at radius 1 is 1.18 bits per heavy atom. The van der Waals surface area contributed by atoms with E-state index in [2.05, 4.69) is 17.1 Å². The van der Waals surface area contributed by atoms with Gasteiger partial charge in [0.05, 0.1) is 12.2 Å². The van der Waals surface area contributed by atoms with Crippen LogP contribution in [-0.4, -0.2) is 63.5 Å². The van der Waals surface area contributed by atoms with Crippen molar-refractivity contribution in [1.29, 1.82) is 0 Å². The molecule has 3 atom stereocenters. The van der Waals surface area contributed by atoms with Gasteiger partial charge in [-0.05, 0) is 25.7 Å². The van der Waals surface area contributed by atoms with Gasteiger partial charge >= 0.3 is 0 Å². The Morgan fingerprint density at radius 2 is 1.76 bits per heavy atom. The molecule has 1 aliphatic carbocycles. The number of methoxy groups -OCH3 is 2. The van der Waals surface area contributed by atoms with Crippen molar-refractivity contribution in [2.45, 2.75) is 38.0 Å². The van der Waals surface area contributed by atoms with Gasteiger partial charge in [-0.15, -0.1) is 0 Å². The first-order chi connectivity index (χ1) is 8.24. The minimum Gasteiger partial charge on any atom is -0.377 e. The first kappa shape index (κ1) is 13.3. The molecule has 2 fully saturated rings. The van der Waals surface area contributed by atoms with Gasteiger partial charge in [0.1, 0.15) is 0 Å². The molecule has 1 aliphatic heterocycles. The number of ether oxygens (including phenoxy) is 2. The van der Waals surface area contributed by atoms with Gasteiger partial charge in [0.2, 0.25) is 0 Å². The van der Waals surface area contributed by atoms with Crippen molar-refractivity contribution < 1.29 is 9.47 Å². The molecule has 1 heterocycles. The molecule has 0 bridgehead atoms. The lowest BCUT2D eigenvalue weighted by Gasteiger charge is -2.18. The molecule has 100 valence electrons. The van der Waals surface area contributed by atoms with Gasteiger partial charge < -0.3 is 14.8 Å². The summed E-state index contributed by atoms with van der Waals surface area (Å²) in [7, 11) is 3.54. The van der Waals surface area contributed by atoms with Crippen molar-refractivity contribution in [2.24, 2.45) is 5.92 Å². The Hall–Kier alpha value is -0.160. The molecule has 1 N–H and O–H groups in total. The van der Waals surface area contributed by atoms with Crippen molar-refractivity contribution in [1.82, 2.24) is 10.2 Å². The van der Waals surface area contributed by atoms with E-state index in [4.69, 9.17) is 9.47 Å². The summed E-state index contributed by atoms with van der Waals surface area (Å²) in [5.41, 5.74) is 0. The smallest absolute Gasteiger partial charge is 0.0971 e. The Kier molecular flexibility index (Phi) is 4.79. The zero-order valence-corrected chi connectivity index (χ0v) is 11.3. The Bertz CT molecular complexity index is 221. The third-order valence-electron chi connectivity index (χ3n) is 4.12. The third-order valence-corrected chi connectivity index (χ3v) is 4.12. The summed E-state index contributed by atoms with van der Waals surface area (Å²) >= 11 is 0. The normalized spacial score (nSPS) is 31.9. The van der Waals surface area contributed by atoms with Gasteiger partial charge in [-0.25, -0.2) is 0 Å². The van der Waals surface area contributed by atoms with Gasteiger partial charge in [-0.2, -0.15) is 0 Å². The molecule has 2 rings (SSSR count). The fourth-order valence-corrected chi connectivity index (χ4v) is 2.67. The van der Waals surface area contributed by atoms with E-state index in [-0.39, 0.29) is 12.2 Å². The predicted molar refractivity (Wildman–Crippen MR) is 68.2 cm³/mol. The zero-order valence-electron chi connectivity index (χ0n) is 11.3. The van der Waals surface area contributed by atoms with Gasteiger partial charge in [0.15, 0.2) is 0 Å². The van der Waals surface area contributed by atoms with E-state index in [0.29, 0.717) is 6.04 Å². The highest BCUT2D eigenvalue weighted by Crippen LogP contribution is 2.32. The van der Waals surface area contributed by atoms with Gasteiger partial charge in [0.25, 0.3) is 0 Å². The molecule has 4 nitrogen and oxygen atoms in total. The number of rotatable bonds is 7. The maximum atomic E-state index is 5.43. The first-order valence-corrected chi connectivity index (χ1v) is 6.76. The fourth-order valence-electron chi connectivity index (χ4n) is 2.67. The third kappa shape index (κ3) is 3.65. The molecule has 1 saturated carbocycles. The van der Waals surface area contributed by atoms with Crippen LogP contribution in [0.4, 0.5) is 0 Å². The molecule has 1 saturated heterocycles. The van der Waals surface area contributed by atoms with Crippen LogP contribution in [0.1, 0.15) is 19.8 Å². The average molecular weight is 242 g/mol. The number of likely N-dealkylation sites (tertiary alicyclic amines) is 1. The van der Waals surface area contributed by atoms with Gasteiger partial charge in [-0.1, -0.05) is 0 Å². The van der Waals surface area contributed by atoms with Crippen LogP contribution in [0.2, 0.25) is 0 Å². The van der Waals surface area contributed by atoms with E-state index < -0.39 is 0 Å². The molecular formula is C13H26N2O2. The summed E-state index contributed by atoms with van der Waals surface area (Å²) in [4.78, 5) is 2.43. The van der Waals surface area contributed by atoms with Crippen LogP contribution < -0.4 is 5.32 Å². The highest BCUT2D eigenvalue weighted by molar-refractivity contribution is 4.87. The zero-order chi connectivity index (χ0) is 12.3. The second-order valence-corrected chi connectivity index (χ2v) is 5.39. The molecule has 0 aromatic heterocycles. The van der Waals surface area contributed by atoms with Crippen LogP contribution in [0.5, 0.6) is 0 Å². The summed E-state index contributed by atoms with van der Waals surface area (Å²) in [5, 5.41) is 3.61. The average Bonchev–Trinajstić information content (AvgIpc) is 3.10. The van der Waals surface area contributed by atoms with Crippen molar-refractivity contribution in [3.05, 3.63) is 0 Å². The molecule has 0 spiro atoms. The van der Waals surface area contributed by atoms with E-state index in [9.17, 15) is 0 Å². The SMILES string of the molecule is COC1CN(CCNC(C)C2CC2)CC1OC. The lowest BCUT2D eigenvalue weighted by molar-refractivity contribution is -0.00461. The first-order valence-electron chi connectivity index (χ1n) is 6.76. The van der Waals surface area contributed by atoms with Crippen molar-refractivity contribution in [3.63, 3.8) is 0 Å². The monoisotopic (exact) mass is 242 g/mol. The largest absolute Gasteiger partial charge is 0.377 e. The topological polar surface area (TPSA) is 33.7 Å². The van der Waals surface area contributed by atoms with Crippen LogP contribution in [0, 0.1) is 5.92 Å². The minimum absolute atomic E-state index is 0.237. The molecular weight excluding hydrogens is 216 g/mol. The van der Waals surface area contributed by atoms with Gasteiger partial charge in [0, 0.05) is 46.4 Å². The van der Waals surface area contributed by atoms with Crippen LogP contribution >= 0.6 is 0 Å². The standard InChI is InChI=1S/C13H26N2O2/c1-10(11-4-5-11)14-6-7-15-8-12(16-2)13(9-15)17-3/h10-14H,4-9H2,1-3H3. The Morgan fingerprint density at radius 3 is 2.24 bits per heavy atom. The molecule has 0 radical (unpaired) electrons. The molecule has 0 aromatic carbocycles. The maximum absolute atomic E-state index is 5.43. The number of nitrogens with one attached hydrogen (secondary N) is 1. The van der Waals surface area contributed by atoms with Crippen molar-refractivity contribution in [2.75, 3.05) is 40.4 Å². The summed E-state index contributed by atoms with van der Waals surface area (Å²) in [6, 6.07) is 0.689. The molecule has 3 unspecified atom stereocenters. The molecule has 2 aliphatic rings. The van der Waals surface area contributed by atoms with Crippen molar-refractivity contribution >= 4 is 0 Å². The number of hydrogen-bond donors (Lipinski definition) is 1. The van der Waals surface area contributed by atoms with E-state index in [1.165, 1.54) is 12.8 Å². The van der Waals surface area contributed by atoms with E-state index >= 15 is 0 Å². The van der Waals surface area contributed by atoms with E-state index in [1.54, 1.807) is 14.2 Å². The maximum Gasteiger partial charge on any atom is 0.0971 e. The Labute approximate surface area is 105 Å². The highest BCUT2D eigenvalue weighted by atomic mass is 16.5. The summed E-state index contributed by atoms with van der Waals surface area (Å²) in [6.45, 7) is 6.46. The molecule has 0 amide bonds.